The van der Waals surface area contributed by atoms with Crippen LogP contribution in [0.4, 0.5) is 0 Å². The van der Waals surface area contributed by atoms with Gasteiger partial charge in [-0.2, -0.15) is 0 Å². The van der Waals surface area contributed by atoms with Gasteiger partial charge >= 0.3 is 0 Å². The zero-order valence-corrected chi connectivity index (χ0v) is 9.97. The molecule has 1 atom stereocenters. The molecule has 15 heavy (non-hydrogen) atoms. The molecule has 86 valence electrons. The highest BCUT2D eigenvalue weighted by atomic mass is 15.2. The van der Waals surface area contributed by atoms with Crippen molar-refractivity contribution >= 4 is 0 Å². The van der Waals surface area contributed by atoms with Gasteiger partial charge in [-0.25, -0.2) is 0 Å². The fourth-order valence-electron chi connectivity index (χ4n) is 3.10. The highest BCUT2D eigenvalue weighted by molar-refractivity contribution is 5.07. The first-order valence-corrected chi connectivity index (χ1v) is 6.36. The SMILES string of the molecule is C=CC1(N2CCCC(C)C2)CCNCC1. The molecular formula is C13H24N2. The summed E-state index contributed by atoms with van der Waals surface area (Å²) in [5.74, 6) is 0.866. The second-order valence-corrected chi connectivity index (χ2v) is 5.25. The van der Waals surface area contributed by atoms with E-state index in [9.17, 15) is 0 Å². The Morgan fingerprint density at radius 1 is 1.40 bits per heavy atom. The van der Waals surface area contributed by atoms with Crippen molar-refractivity contribution in [3.63, 3.8) is 0 Å². The molecule has 0 aromatic heterocycles. The van der Waals surface area contributed by atoms with E-state index in [-0.39, 0.29) is 0 Å². The molecule has 2 saturated heterocycles. The number of piperidine rings is 2. The topological polar surface area (TPSA) is 15.3 Å². The molecule has 1 N–H and O–H groups in total. The largest absolute Gasteiger partial charge is 0.317 e. The predicted molar refractivity (Wildman–Crippen MR) is 65.0 cm³/mol. The zero-order valence-electron chi connectivity index (χ0n) is 9.97. The van der Waals surface area contributed by atoms with Crippen LogP contribution < -0.4 is 5.32 Å². The predicted octanol–water partition coefficient (Wildman–Crippen LogP) is 2.03. The van der Waals surface area contributed by atoms with Gasteiger partial charge in [-0.15, -0.1) is 6.58 Å². The fraction of sp³-hybridized carbons (Fsp3) is 0.846. The average Bonchev–Trinajstić information content (AvgIpc) is 2.30. The van der Waals surface area contributed by atoms with Crippen molar-refractivity contribution in [2.45, 2.75) is 38.1 Å². The first kappa shape index (κ1) is 11.2. The molecule has 0 aliphatic carbocycles. The zero-order chi connectivity index (χ0) is 10.7. The van der Waals surface area contributed by atoms with E-state index >= 15 is 0 Å². The number of nitrogens with one attached hydrogen (secondary N) is 1. The molecule has 0 bridgehead atoms. The van der Waals surface area contributed by atoms with E-state index in [1.165, 1.54) is 38.8 Å². The lowest BCUT2D eigenvalue weighted by molar-refractivity contribution is 0.0568. The monoisotopic (exact) mass is 208 g/mol. The molecule has 0 radical (unpaired) electrons. The van der Waals surface area contributed by atoms with Gasteiger partial charge in [0.2, 0.25) is 0 Å². The number of hydrogen-bond donors (Lipinski definition) is 1. The Bertz CT molecular complexity index is 219. The number of hydrogen-bond acceptors (Lipinski definition) is 2. The van der Waals surface area contributed by atoms with Gasteiger partial charge in [-0.05, 0) is 51.2 Å². The Balaban J connectivity index is 2.06. The number of likely N-dealkylation sites (tertiary alicyclic amines) is 1. The van der Waals surface area contributed by atoms with E-state index in [4.69, 9.17) is 0 Å². The molecule has 2 rings (SSSR count). The molecule has 2 nitrogen and oxygen atoms in total. The van der Waals surface area contributed by atoms with Crippen molar-refractivity contribution in [2.75, 3.05) is 26.2 Å². The Morgan fingerprint density at radius 3 is 2.73 bits per heavy atom. The highest BCUT2D eigenvalue weighted by Crippen LogP contribution is 2.31. The second kappa shape index (κ2) is 4.67. The maximum absolute atomic E-state index is 4.09. The van der Waals surface area contributed by atoms with E-state index in [2.05, 4.69) is 29.8 Å². The molecule has 2 aliphatic heterocycles. The van der Waals surface area contributed by atoms with Gasteiger partial charge in [0.1, 0.15) is 0 Å². The van der Waals surface area contributed by atoms with Crippen LogP contribution in [0.2, 0.25) is 0 Å². The molecule has 0 aromatic carbocycles. The third-order valence-electron chi connectivity index (χ3n) is 4.14. The van der Waals surface area contributed by atoms with Crippen LogP contribution in [0.3, 0.4) is 0 Å². The van der Waals surface area contributed by atoms with Crippen molar-refractivity contribution in [2.24, 2.45) is 5.92 Å². The van der Waals surface area contributed by atoms with Gasteiger partial charge in [-0.1, -0.05) is 13.0 Å². The summed E-state index contributed by atoms with van der Waals surface area (Å²) in [6.45, 7) is 11.3. The maximum atomic E-state index is 4.09. The molecule has 0 saturated carbocycles. The number of nitrogens with zero attached hydrogens (tertiary/aromatic N) is 1. The van der Waals surface area contributed by atoms with Crippen LogP contribution >= 0.6 is 0 Å². The van der Waals surface area contributed by atoms with E-state index in [1.54, 1.807) is 0 Å². The summed E-state index contributed by atoms with van der Waals surface area (Å²) in [6.07, 6.45) is 7.46. The van der Waals surface area contributed by atoms with Gasteiger partial charge in [0, 0.05) is 12.1 Å². The van der Waals surface area contributed by atoms with Crippen molar-refractivity contribution in [1.82, 2.24) is 10.2 Å². The quantitative estimate of drug-likeness (QED) is 0.699. The summed E-state index contributed by atoms with van der Waals surface area (Å²) in [6, 6.07) is 0. The van der Waals surface area contributed by atoms with Gasteiger partial charge in [0.25, 0.3) is 0 Å². The standard InChI is InChI=1S/C13H24N2/c1-3-13(6-8-14-9-7-13)15-10-4-5-12(2)11-15/h3,12,14H,1,4-11H2,2H3. The van der Waals surface area contributed by atoms with E-state index in [0.717, 1.165) is 19.0 Å². The summed E-state index contributed by atoms with van der Waals surface area (Å²) in [5, 5.41) is 3.45. The summed E-state index contributed by atoms with van der Waals surface area (Å²) in [4.78, 5) is 2.69. The smallest absolute Gasteiger partial charge is 0.0412 e. The van der Waals surface area contributed by atoms with Gasteiger partial charge < -0.3 is 5.32 Å². The molecule has 2 heteroatoms. The summed E-state index contributed by atoms with van der Waals surface area (Å²) in [5.41, 5.74) is 0.305. The molecular weight excluding hydrogens is 184 g/mol. The van der Waals surface area contributed by atoms with Crippen LogP contribution in [-0.2, 0) is 0 Å². The molecule has 0 amide bonds. The van der Waals surface area contributed by atoms with Crippen molar-refractivity contribution in [1.29, 1.82) is 0 Å². The average molecular weight is 208 g/mol. The van der Waals surface area contributed by atoms with Crippen LogP contribution in [0.15, 0.2) is 12.7 Å². The minimum absolute atomic E-state index is 0.305. The van der Waals surface area contributed by atoms with Gasteiger partial charge in [0.15, 0.2) is 0 Å². The Kier molecular flexibility index (Phi) is 3.47. The van der Waals surface area contributed by atoms with Crippen molar-refractivity contribution < 1.29 is 0 Å². The summed E-state index contributed by atoms with van der Waals surface area (Å²) < 4.78 is 0. The highest BCUT2D eigenvalue weighted by Gasteiger charge is 2.36. The van der Waals surface area contributed by atoms with Crippen LogP contribution in [0.1, 0.15) is 32.6 Å². The van der Waals surface area contributed by atoms with Gasteiger partial charge in [0.05, 0.1) is 0 Å². The van der Waals surface area contributed by atoms with E-state index in [1.807, 2.05) is 0 Å². The molecule has 0 aromatic rings. The van der Waals surface area contributed by atoms with Crippen LogP contribution in [0, 0.1) is 5.92 Å². The van der Waals surface area contributed by atoms with Crippen LogP contribution in [-0.4, -0.2) is 36.6 Å². The van der Waals surface area contributed by atoms with Gasteiger partial charge in [-0.3, -0.25) is 4.90 Å². The molecule has 2 aliphatic rings. The molecule has 2 heterocycles. The van der Waals surface area contributed by atoms with E-state index in [0.29, 0.717) is 5.54 Å². The summed E-state index contributed by atoms with van der Waals surface area (Å²) >= 11 is 0. The first-order valence-electron chi connectivity index (χ1n) is 6.36. The lowest BCUT2D eigenvalue weighted by Crippen LogP contribution is -2.56. The molecule has 2 fully saturated rings. The van der Waals surface area contributed by atoms with Crippen molar-refractivity contribution in [3.05, 3.63) is 12.7 Å². The number of rotatable bonds is 2. The lowest BCUT2D eigenvalue weighted by atomic mass is 9.83. The second-order valence-electron chi connectivity index (χ2n) is 5.25. The Morgan fingerprint density at radius 2 is 2.13 bits per heavy atom. The van der Waals surface area contributed by atoms with Crippen LogP contribution in [0.5, 0.6) is 0 Å². The minimum atomic E-state index is 0.305. The van der Waals surface area contributed by atoms with E-state index < -0.39 is 0 Å². The first-order chi connectivity index (χ1) is 7.27. The molecule has 1 unspecified atom stereocenters. The Hall–Kier alpha value is -0.340. The molecule has 0 spiro atoms. The minimum Gasteiger partial charge on any atom is -0.317 e. The summed E-state index contributed by atoms with van der Waals surface area (Å²) in [7, 11) is 0. The third-order valence-corrected chi connectivity index (χ3v) is 4.14. The third kappa shape index (κ3) is 2.26. The Labute approximate surface area is 93.7 Å². The van der Waals surface area contributed by atoms with Crippen molar-refractivity contribution in [3.8, 4) is 0 Å². The lowest BCUT2D eigenvalue weighted by Gasteiger charge is -2.48. The van der Waals surface area contributed by atoms with Crippen LogP contribution in [0.25, 0.3) is 0 Å². The fourth-order valence-corrected chi connectivity index (χ4v) is 3.10. The maximum Gasteiger partial charge on any atom is 0.0412 e. The normalized spacial score (nSPS) is 32.5.